The molecule has 62 valence electrons. The fraction of sp³-hybridized carbons (Fsp3) is 0.333. The summed E-state index contributed by atoms with van der Waals surface area (Å²) in [5.41, 5.74) is 1.86. The highest BCUT2D eigenvalue weighted by Gasteiger charge is 2.17. The molecule has 1 aliphatic heterocycles. The summed E-state index contributed by atoms with van der Waals surface area (Å²) < 4.78 is 4.99. The van der Waals surface area contributed by atoms with Crippen molar-refractivity contribution in [2.45, 2.75) is 19.8 Å². The predicted molar refractivity (Wildman–Crippen MR) is 42.9 cm³/mol. The lowest BCUT2D eigenvalue weighted by atomic mass is 10.1. The number of pyridine rings is 1. The minimum atomic E-state index is -0.159. The number of esters is 1. The van der Waals surface area contributed by atoms with Gasteiger partial charge in [-0.2, -0.15) is 0 Å². The molecular weight excluding hydrogens is 154 g/mol. The highest BCUT2D eigenvalue weighted by molar-refractivity contribution is 5.74. The van der Waals surface area contributed by atoms with E-state index in [0.717, 1.165) is 11.4 Å². The fourth-order valence-corrected chi connectivity index (χ4v) is 1.26. The molecule has 0 saturated heterocycles. The summed E-state index contributed by atoms with van der Waals surface area (Å²) in [7, 11) is 0. The largest absolute Gasteiger partial charge is 0.425 e. The number of carbonyl (C=O) groups excluding carboxylic acids is 1. The second-order valence-corrected chi connectivity index (χ2v) is 2.87. The van der Waals surface area contributed by atoms with Crippen LogP contribution in [0, 0.1) is 6.92 Å². The molecule has 12 heavy (non-hydrogen) atoms. The molecule has 2 heterocycles. The summed E-state index contributed by atoms with van der Waals surface area (Å²) in [6.45, 7) is 1.93. The van der Waals surface area contributed by atoms with E-state index in [2.05, 4.69) is 4.98 Å². The van der Waals surface area contributed by atoms with Crippen LogP contribution in [0.1, 0.15) is 17.8 Å². The van der Waals surface area contributed by atoms with Gasteiger partial charge in [-0.05, 0) is 19.1 Å². The van der Waals surface area contributed by atoms with Crippen LogP contribution < -0.4 is 4.74 Å². The third kappa shape index (κ3) is 1.18. The monoisotopic (exact) mass is 163 g/mol. The van der Waals surface area contributed by atoms with Crippen LogP contribution in [0.3, 0.4) is 0 Å². The average molecular weight is 163 g/mol. The lowest BCUT2D eigenvalue weighted by Crippen LogP contribution is -2.16. The van der Waals surface area contributed by atoms with Gasteiger partial charge in [-0.25, -0.2) is 0 Å². The number of rotatable bonds is 0. The highest BCUT2D eigenvalue weighted by Crippen LogP contribution is 2.22. The molecule has 1 aromatic heterocycles. The molecule has 0 aliphatic carbocycles. The lowest BCUT2D eigenvalue weighted by Gasteiger charge is -2.14. The summed E-state index contributed by atoms with van der Waals surface area (Å²) >= 11 is 0. The maximum Gasteiger partial charge on any atom is 0.311 e. The first-order valence-corrected chi connectivity index (χ1v) is 3.93. The molecular formula is C9H9NO2. The molecule has 0 fully saturated rings. The molecule has 3 heteroatoms. The van der Waals surface area contributed by atoms with Crippen LogP contribution in [0.2, 0.25) is 0 Å². The summed E-state index contributed by atoms with van der Waals surface area (Å²) in [5, 5.41) is 0. The lowest BCUT2D eigenvalue weighted by molar-refractivity contribution is -0.135. The maximum absolute atomic E-state index is 10.9. The standard InChI is InChI=1S/C9H9NO2/c1-6-2-4-8-7(10-6)3-5-9(11)12-8/h2,4H,3,5H2,1H3. The van der Waals surface area contributed by atoms with Crippen LogP contribution in [-0.4, -0.2) is 11.0 Å². The Morgan fingerprint density at radius 2 is 2.25 bits per heavy atom. The van der Waals surface area contributed by atoms with Crippen LogP contribution in [-0.2, 0) is 11.2 Å². The molecule has 0 N–H and O–H groups in total. The van der Waals surface area contributed by atoms with Crippen LogP contribution >= 0.6 is 0 Å². The number of fused-ring (bicyclic) bond motifs is 1. The Bertz CT molecular complexity index is 333. The number of aryl methyl sites for hydroxylation is 2. The van der Waals surface area contributed by atoms with Crippen LogP contribution in [0.5, 0.6) is 5.75 Å². The van der Waals surface area contributed by atoms with Crippen molar-refractivity contribution in [3.05, 3.63) is 23.5 Å². The van der Waals surface area contributed by atoms with Crippen molar-refractivity contribution in [1.82, 2.24) is 4.98 Å². The van der Waals surface area contributed by atoms with E-state index < -0.39 is 0 Å². The quantitative estimate of drug-likeness (QED) is 0.540. The second kappa shape index (κ2) is 2.59. The fourth-order valence-electron chi connectivity index (χ4n) is 1.26. The number of ether oxygens (including phenoxy) is 1. The third-order valence-corrected chi connectivity index (χ3v) is 1.86. The van der Waals surface area contributed by atoms with E-state index >= 15 is 0 Å². The molecule has 3 nitrogen and oxygen atoms in total. The number of carbonyl (C=O) groups is 1. The maximum atomic E-state index is 10.9. The SMILES string of the molecule is Cc1ccc2c(n1)CCC(=O)O2. The molecule has 2 rings (SSSR count). The van der Waals surface area contributed by atoms with Gasteiger partial charge < -0.3 is 4.74 Å². The van der Waals surface area contributed by atoms with Gasteiger partial charge in [0, 0.05) is 12.1 Å². The van der Waals surface area contributed by atoms with Gasteiger partial charge >= 0.3 is 5.97 Å². The van der Waals surface area contributed by atoms with Gasteiger partial charge in [-0.1, -0.05) is 0 Å². The smallest absolute Gasteiger partial charge is 0.311 e. The number of hydrogen-bond acceptors (Lipinski definition) is 3. The zero-order valence-corrected chi connectivity index (χ0v) is 6.83. The molecule has 1 aromatic rings. The molecule has 0 atom stereocenters. The normalized spacial score (nSPS) is 15.2. The zero-order chi connectivity index (χ0) is 8.55. The molecule has 0 bridgehead atoms. The highest BCUT2D eigenvalue weighted by atomic mass is 16.5. The minimum Gasteiger partial charge on any atom is -0.425 e. The van der Waals surface area contributed by atoms with Crippen molar-refractivity contribution >= 4 is 5.97 Å². The number of hydrogen-bond donors (Lipinski definition) is 0. The van der Waals surface area contributed by atoms with Crippen molar-refractivity contribution in [1.29, 1.82) is 0 Å². The Morgan fingerprint density at radius 1 is 1.42 bits per heavy atom. The van der Waals surface area contributed by atoms with E-state index in [1.165, 1.54) is 0 Å². The van der Waals surface area contributed by atoms with Gasteiger partial charge in [0.1, 0.15) is 0 Å². The average Bonchev–Trinajstić information content (AvgIpc) is 2.05. The molecule has 0 aromatic carbocycles. The van der Waals surface area contributed by atoms with Crippen molar-refractivity contribution < 1.29 is 9.53 Å². The van der Waals surface area contributed by atoms with Crippen molar-refractivity contribution in [2.24, 2.45) is 0 Å². The topological polar surface area (TPSA) is 39.2 Å². The van der Waals surface area contributed by atoms with Crippen LogP contribution in [0.25, 0.3) is 0 Å². The van der Waals surface area contributed by atoms with E-state index in [0.29, 0.717) is 18.6 Å². The Hall–Kier alpha value is -1.38. The summed E-state index contributed by atoms with van der Waals surface area (Å²) in [5.74, 6) is 0.463. The Morgan fingerprint density at radius 3 is 3.08 bits per heavy atom. The molecule has 0 spiro atoms. The number of aromatic nitrogens is 1. The van der Waals surface area contributed by atoms with Gasteiger partial charge in [0.15, 0.2) is 5.75 Å². The van der Waals surface area contributed by atoms with Gasteiger partial charge in [0.25, 0.3) is 0 Å². The first-order valence-electron chi connectivity index (χ1n) is 3.93. The van der Waals surface area contributed by atoms with E-state index in [1.807, 2.05) is 13.0 Å². The Balaban J connectivity index is 2.43. The summed E-state index contributed by atoms with van der Waals surface area (Å²) in [6, 6.07) is 3.64. The molecule has 1 aliphatic rings. The van der Waals surface area contributed by atoms with Gasteiger partial charge in [0.05, 0.1) is 12.1 Å². The van der Waals surface area contributed by atoms with Gasteiger partial charge in [0.2, 0.25) is 0 Å². The number of nitrogens with zero attached hydrogens (tertiary/aromatic N) is 1. The Labute approximate surface area is 70.4 Å². The van der Waals surface area contributed by atoms with E-state index in [-0.39, 0.29) is 5.97 Å². The summed E-state index contributed by atoms with van der Waals surface area (Å²) in [6.07, 6.45) is 1.15. The first-order chi connectivity index (χ1) is 5.75. The van der Waals surface area contributed by atoms with Crippen LogP contribution in [0.4, 0.5) is 0 Å². The Kier molecular flexibility index (Phi) is 1.57. The molecule has 0 radical (unpaired) electrons. The first kappa shape index (κ1) is 7.28. The minimum absolute atomic E-state index is 0.159. The van der Waals surface area contributed by atoms with Crippen LogP contribution in [0.15, 0.2) is 12.1 Å². The summed E-state index contributed by atoms with van der Waals surface area (Å²) in [4.78, 5) is 15.1. The van der Waals surface area contributed by atoms with Crippen molar-refractivity contribution in [3.63, 3.8) is 0 Å². The second-order valence-electron chi connectivity index (χ2n) is 2.87. The van der Waals surface area contributed by atoms with E-state index in [9.17, 15) is 4.79 Å². The van der Waals surface area contributed by atoms with Crippen molar-refractivity contribution in [3.8, 4) is 5.75 Å². The van der Waals surface area contributed by atoms with Gasteiger partial charge in [-0.15, -0.1) is 0 Å². The van der Waals surface area contributed by atoms with E-state index in [4.69, 9.17) is 4.74 Å². The third-order valence-electron chi connectivity index (χ3n) is 1.86. The van der Waals surface area contributed by atoms with E-state index in [1.54, 1.807) is 6.07 Å². The van der Waals surface area contributed by atoms with Gasteiger partial charge in [-0.3, -0.25) is 9.78 Å². The predicted octanol–water partition coefficient (Wildman–Crippen LogP) is 1.24. The zero-order valence-electron chi connectivity index (χ0n) is 6.83. The molecule has 0 unspecified atom stereocenters. The molecule has 0 saturated carbocycles. The molecule has 0 amide bonds. The van der Waals surface area contributed by atoms with Crippen molar-refractivity contribution in [2.75, 3.05) is 0 Å².